The molecule has 0 atom stereocenters. The Hall–Kier alpha value is -1.36. The molecule has 1 aromatic rings. The zero-order valence-electron chi connectivity index (χ0n) is 11.5. The molecule has 1 fully saturated rings. The number of nitrogens with zero attached hydrogens (tertiary/aromatic N) is 2. The largest absolute Gasteiger partial charge is 0.364 e. The van der Waals surface area contributed by atoms with Crippen LogP contribution < -0.4 is 16.6 Å². The lowest BCUT2D eigenvalue weighted by Crippen LogP contribution is -2.44. The second-order valence-corrected chi connectivity index (χ2v) is 5.40. The van der Waals surface area contributed by atoms with Crippen molar-refractivity contribution in [1.82, 2.24) is 9.97 Å². The van der Waals surface area contributed by atoms with E-state index in [1.807, 2.05) is 0 Å². The Labute approximate surface area is 109 Å². The quantitative estimate of drug-likeness (QED) is 0.552. The van der Waals surface area contributed by atoms with Gasteiger partial charge in [-0.3, -0.25) is 0 Å². The van der Waals surface area contributed by atoms with E-state index in [2.05, 4.69) is 41.5 Å². The van der Waals surface area contributed by atoms with Gasteiger partial charge in [0.15, 0.2) is 0 Å². The maximum atomic E-state index is 5.53. The molecule has 1 aliphatic carbocycles. The lowest BCUT2D eigenvalue weighted by atomic mass is 9.74. The van der Waals surface area contributed by atoms with Crippen molar-refractivity contribution in [1.29, 1.82) is 0 Å². The van der Waals surface area contributed by atoms with Gasteiger partial charge in [0, 0.05) is 11.1 Å². The molecule has 1 heterocycles. The number of hydrazine groups is 1. The molecular formula is C13H23N5. The van der Waals surface area contributed by atoms with Gasteiger partial charge in [-0.25, -0.2) is 15.8 Å². The average molecular weight is 249 g/mol. The predicted molar refractivity (Wildman–Crippen MR) is 74.4 cm³/mol. The van der Waals surface area contributed by atoms with Crippen LogP contribution in [0.5, 0.6) is 0 Å². The number of nitrogen functional groups attached to an aromatic ring is 1. The minimum atomic E-state index is 0.226. The standard InChI is InChI=1S/C13H23N5/c1-4-13(6-5-7-13)17-11-10(9(2)3)12(18-14)16-8-15-11/h8-9H,4-7,14H2,1-3H3,(H2,15,16,17,18). The molecule has 18 heavy (non-hydrogen) atoms. The third kappa shape index (κ3) is 2.27. The van der Waals surface area contributed by atoms with Gasteiger partial charge >= 0.3 is 0 Å². The van der Waals surface area contributed by atoms with E-state index in [0.717, 1.165) is 17.8 Å². The Bertz CT molecular complexity index is 406. The highest BCUT2D eigenvalue weighted by molar-refractivity contribution is 5.59. The van der Waals surface area contributed by atoms with E-state index in [0.29, 0.717) is 11.7 Å². The molecule has 0 saturated heterocycles. The summed E-state index contributed by atoms with van der Waals surface area (Å²) in [6, 6.07) is 0. The Morgan fingerprint density at radius 3 is 2.44 bits per heavy atom. The molecule has 2 rings (SSSR count). The van der Waals surface area contributed by atoms with Crippen molar-refractivity contribution in [3.63, 3.8) is 0 Å². The van der Waals surface area contributed by atoms with E-state index < -0.39 is 0 Å². The van der Waals surface area contributed by atoms with Gasteiger partial charge in [-0.15, -0.1) is 0 Å². The minimum Gasteiger partial charge on any atom is -0.364 e. The van der Waals surface area contributed by atoms with Gasteiger partial charge in [0.1, 0.15) is 18.0 Å². The van der Waals surface area contributed by atoms with Crippen LogP contribution in [0.15, 0.2) is 6.33 Å². The summed E-state index contributed by atoms with van der Waals surface area (Å²) in [7, 11) is 0. The van der Waals surface area contributed by atoms with Gasteiger partial charge in [0.25, 0.3) is 0 Å². The van der Waals surface area contributed by atoms with Crippen LogP contribution in [0.25, 0.3) is 0 Å². The van der Waals surface area contributed by atoms with Crippen molar-refractivity contribution in [2.45, 2.75) is 57.9 Å². The highest BCUT2D eigenvalue weighted by Crippen LogP contribution is 2.39. The number of hydrogen-bond acceptors (Lipinski definition) is 5. The third-order valence-corrected chi connectivity index (χ3v) is 3.97. The van der Waals surface area contributed by atoms with Crippen molar-refractivity contribution in [3.05, 3.63) is 11.9 Å². The van der Waals surface area contributed by atoms with Gasteiger partial charge in [-0.1, -0.05) is 20.8 Å². The minimum absolute atomic E-state index is 0.226. The molecule has 0 aliphatic heterocycles. The predicted octanol–water partition coefficient (Wildman–Crippen LogP) is 2.63. The van der Waals surface area contributed by atoms with Crippen molar-refractivity contribution >= 4 is 11.6 Å². The number of nitrogens with two attached hydrogens (primary N) is 1. The molecule has 100 valence electrons. The second kappa shape index (κ2) is 5.10. The second-order valence-electron chi connectivity index (χ2n) is 5.40. The van der Waals surface area contributed by atoms with Gasteiger partial charge in [-0.2, -0.15) is 0 Å². The highest BCUT2D eigenvalue weighted by Gasteiger charge is 2.36. The monoisotopic (exact) mass is 249 g/mol. The average Bonchev–Trinajstić information content (AvgIpc) is 2.33. The molecule has 0 spiro atoms. The summed E-state index contributed by atoms with van der Waals surface area (Å²) in [4.78, 5) is 8.60. The SMILES string of the molecule is CCC1(Nc2ncnc(NN)c2C(C)C)CCC1. The van der Waals surface area contributed by atoms with Crippen LogP contribution in [0, 0.1) is 0 Å². The Morgan fingerprint density at radius 1 is 1.33 bits per heavy atom. The lowest BCUT2D eigenvalue weighted by Gasteiger charge is -2.43. The number of aromatic nitrogens is 2. The number of rotatable bonds is 5. The summed E-state index contributed by atoms with van der Waals surface area (Å²) < 4.78 is 0. The van der Waals surface area contributed by atoms with E-state index >= 15 is 0 Å². The lowest BCUT2D eigenvalue weighted by molar-refractivity contribution is 0.268. The van der Waals surface area contributed by atoms with E-state index in [1.54, 1.807) is 6.33 Å². The summed E-state index contributed by atoms with van der Waals surface area (Å²) in [5, 5.41) is 3.62. The summed E-state index contributed by atoms with van der Waals surface area (Å²) in [6.07, 6.45) is 6.42. The van der Waals surface area contributed by atoms with Crippen LogP contribution in [0.4, 0.5) is 11.6 Å². The molecular weight excluding hydrogens is 226 g/mol. The van der Waals surface area contributed by atoms with Crippen LogP contribution in [0.2, 0.25) is 0 Å². The summed E-state index contributed by atoms with van der Waals surface area (Å²) in [6.45, 7) is 6.48. The number of nitrogens with one attached hydrogen (secondary N) is 2. The van der Waals surface area contributed by atoms with Crippen LogP contribution in [-0.2, 0) is 0 Å². The van der Waals surface area contributed by atoms with Gasteiger partial charge < -0.3 is 10.7 Å². The maximum Gasteiger partial charge on any atom is 0.148 e. The molecule has 1 saturated carbocycles. The smallest absolute Gasteiger partial charge is 0.148 e. The van der Waals surface area contributed by atoms with E-state index in [-0.39, 0.29) is 5.54 Å². The highest BCUT2D eigenvalue weighted by atomic mass is 15.3. The first-order chi connectivity index (χ1) is 8.62. The van der Waals surface area contributed by atoms with E-state index in [1.165, 1.54) is 19.3 Å². The zero-order valence-corrected chi connectivity index (χ0v) is 11.5. The molecule has 5 heteroatoms. The van der Waals surface area contributed by atoms with Gasteiger partial charge in [0.2, 0.25) is 0 Å². The molecule has 4 N–H and O–H groups in total. The molecule has 1 aliphatic rings. The van der Waals surface area contributed by atoms with Crippen LogP contribution in [-0.4, -0.2) is 15.5 Å². The van der Waals surface area contributed by atoms with Gasteiger partial charge in [0.05, 0.1) is 0 Å². The fourth-order valence-electron chi connectivity index (χ4n) is 2.58. The summed E-state index contributed by atoms with van der Waals surface area (Å²) >= 11 is 0. The van der Waals surface area contributed by atoms with Gasteiger partial charge in [-0.05, 0) is 31.6 Å². The van der Waals surface area contributed by atoms with Crippen molar-refractivity contribution < 1.29 is 0 Å². The van der Waals surface area contributed by atoms with Crippen molar-refractivity contribution in [2.75, 3.05) is 10.7 Å². The van der Waals surface area contributed by atoms with Crippen LogP contribution in [0.3, 0.4) is 0 Å². The van der Waals surface area contributed by atoms with Crippen LogP contribution >= 0.6 is 0 Å². The third-order valence-electron chi connectivity index (χ3n) is 3.97. The summed E-state index contributed by atoms with van der Waals surface area (Å²) in [5.41, 5.74) is 3.96. The maximum absolute atomic E-state index is 5.53. The zero-order chi connectivity index (χ0) is 13.2. The van der Waals surface area contributed by atoms with Crippen molar-refractivity contribution in [3.8, 4) is 0 Å². The molecule has 0 bridgehead atoms. The molecule has 0 radical (unpaired) electrons. The summed E-state index contributed by atoms with van der Waals surface area (Å²) in [5.74, 6) is 7.50. The fourth-order valence-corrected chi connectivity index (χ4v) is 2.58. The van der Waals surface area contributed by atoms with E-state index in [4.69, 9.17) is 5.84 Å². The normalized spacial score (nSPS) is 17.4. The topological polar surface area (TPSA) is 75.9 Å². The fraction of sp³-hybridized carbons (Fsp3) is 0.692. The Kier molecular flexibility index (Phi) is 3.71. The Morgan fingerprint density at radius 2 is 2.00 bits per heavy atom. The molecule has 0 aromatic carbocycles. The molecule has 0 amide bonds. The Balaban J connectivity index is 2.32. The first-order valence-electron chi connectivity index (χ1n) is 6.71. The van der Waals surface area contributed by atoms with Crippen molar-refractivity contribution in [2.24, 2.45) is 5.84 Å². The number of hydrogen-bond donors (Lipinski definition) is 3. The first-order valence-corrected chi connectivity index (χ1v) is 6.71. The number of anilines is 2. The van der Waals surface area contributed by atoms with Crippen LogP contribution in [0.1, 0.15) is 57.9 Å². The molecule has 0 unspecified atom stereocenters. The molecule has 1 aromatic heterocycles. The van der Waals surface area contributed by atoms with E-state index in [9.17, 15) is 0 Å². The first kappa shape index (κ1) is 13.1. The molecule has 5 nitrogen and oxygen atoms in total.